The molecule has 114 valence electrons. The van der Waals surface area contributed by atoms with Gasteiger partial charge in [-0.25, -0.2) is 0 Å². The number of nitrogens with one attached hydrogen (secondary N) is 1. The second kappa shape index (κ2) is 8.90. The van der Waals surface area contributed by atoms with Crippen molar-refractivity contribution in [2.45, 2.75) is 33.3 Å². The molecule has 1 aromatic carbocycles. The molecule has 1 aromatic rings. The summed E-state index contributed by atoms with van der Waals surface area (Å²) < 4.78 is 13.0. The van der Waals surface area contributed by atoms with Gasteiger partial charge in [0.1, 0.15) is 17.6 Å². The molecule has 1 rings (SSSR count). The van der Waals surface area contributed by atoms with E-state index in [9.17, 15) is 0 Å². The van der Waals surface area contributed by atoms with Gasteiger partial charge < -0.3 is 14.8 Å². The molecule has 0 aliphatic carbocycles. The number of halogens is 2. The van der Waals surface area contributed by atoms with E-state index in [1.165, 1.54) is 6.42 Å². The van der Waals surface area contributed by atoms with Crippen molar-refractivity contribution in [3.05, 3.63) is 21.1 Å². The quantitative estimate of drug-likeness (QED) is 0.636. The molecule has 0 saturated carbocycles. The molecule has 0 radical (unpaired) electrons. The van der Waals surface area contributed by atoms with E-state index in [2.05, 4.69) is 57.9 Å². The molecule has 0 aliphatic heterocycles. The van der Waals surface area contributed by atoms with E-state index >= 15 is 0 Å². The first-order valence-electron chi connectivity index (χ1n) is 6.84. The van der Waals surface area contributed by atoms with Gasteiger partial charge in [-0.3, -0.25) is 0 Å². The van der Waals surface area contributed by atoms with Crippen LogP contribution in [0.4, 0.5) is 0 Å². The molecule has 1 unspecified atom stereocenters. The molecule has 5 heteroatoms. The fourth-order valence-electron chi connectivity index (χ4n) is 1.71. The first-order valence-corrected chi connectivity index (χ1v) is 8.43. The van der Waals surface area contributed by atoms with Gasteiger partial charge in [-0.2, -0.15) is 0 Å². The molecule has 0 fully saturated rings. The van der Waals surface area contributed by atoms with Crippen molar-refractivity contribution in [1.29, 1.82) is 0 Å². The lowest BCUT2D eigenvalue weighted by Crippen LogP contribution is -2.30. The van der Waals surface area contributed by atoms with Crippen LogP contribution in [0.2, 0.25) is 0 Å². The summed E-state index contributed by atoms with van der Waals surface area (Å²) in [6, 6.07) is 3.83. The topological polar surface area (TPSA) is 30.5 Å². The van der Waals surface area contributed by atoms with Gasteiger partial charge in [0.2, 0.25) is 0 Å². The van der Waals surface area contributed by atoms with Crippen molar-refractivity contribution in [1.82, 2.24) is 5.32 Å². The van der Waals surface area contributed by atoms with Crippen LogP contribution in [0, 0.1) is 5.92 Å². The standard InChI is InChI=1S/C15H23Br2NO2/c1-10(2)5-6-18-9-11(3)20-15-8-12(16)14(19-4)7-13(15)17/h7-8,10-11,18H,5-6,9H2,1-4H3. The lowest BCUT2D eigenvalue weighted by Gasteiger charge is -2.18. The van der Waals surface area contributed by atoms with Crippen LogP contribution >= 0.6 is 31.9 Å². The van der Waals surface area contributed by atoms with E-state index < -0.39 is 0 Å². The van der Waals surface area contributed by atoms with Crippen LogP contribution in [-0.2, 0) is 0 Å². The summed E-state index contributed by atoms with van der Waals surface area (Å²) in [4.78, 5) is 0. The SMILES string of the molecule is COc1cc(Br)c(OC(C)CNCCC(C)C)cc1Br. The summed E-state index contributed by atoms with van der Waals surface area (Å²) in [7, 11) is 1.65. The van der Waals surface area contributed by atoms with Gasteiger partial charge in [-0.15, -0.1) is 0 Å². The van der Waals surface area contributed by atoms with E-state index in [0.29, 0.717) is 0 Å². The molecule has 0 saturated heterocycles. The molecular weight excluding hydrogens is 386 g/mol. The van der Waals surface area contributed by atoms with Crippen LogP contribution in [0.15, 0.2) is 21.1 Å². The molecular formula is C15H23Br2NO2. The molecule has 0 spiro atoms. The fraction of sp³-hybridized carbons (Fsp3) is 0.600. The molecule has 1 N–H and O–H groups in total. The smallest absolute Gasteiger partial charge is 0.135 e. The zero-order chi connectivity index (χ0) is 15.1. The summed E-state index contributed by atoms with van der Waals surface area (Å²) in [6.07, 6.45) is 1.29. The molecule has 0 aliphatic rings. The molecule has 1 atom stereocenters. The van der Waals surface area contributed by atoms with Crippen LogP contribution in [0.25, 0.3) is 0 Å². The first kappa shape index (κ1) is 17.8. The Hall–Kier alpha value is -0.260. The van der Waals surface area contributed by atoms with Crippen molar-refractivity contribution in [2.24, 2.45) is 5.92 Å². The highest BCUT2D eigenvalue weighted by Gasteiger charge is 2.11. The molecule has 0 aromatic heterocycles. The van der Waals surface area contributed by atoms with Gasteiger partial charge in [-0.1, -0.05) is 13.8 Å². The molecule has 0 heterocycles. The normalized spacial score (nSPS) is 12.6. The maximum absolute atomic E-state index is 5.94. The minimum Gasteiger partial charge on any atom is -0.496 e. The Kier molecular flexibility index (Phi) is 7.92. The lowest BCUT2D eigenvalue weighted by atomic mass is 10.1. The number of methoxy groups -OCH3 is 1. The Morgan fingerprint density at radius 3 is 2.30 bits per heavy atom. The van der Waals surface area contributed by atoms with E-state index in [4.69, 9.17) is 9.47 Å². The molecule has 0 amide bonds. The summed E-state index contributed by atoms with van der Waals surface area (Å²) in [5, 5.41) is 3.42. The van der Waals surface area contributed by atoms with Crippen molar-refractivity contribution in [2.75, 3.05) is 20.2 Å². The average molecular weight is 409 g/mol. The molecule has 20 heavy (non-hydrogen) atoms. The van der Waals surface area contributed by atoms with E-state index in [0.717, 1.165) is 39.5 Å². The van der Waals surface area contributed by atoms with Gasteiger partial charge >= 0.3 is 0 Å². The predicted molar refractivity (Wildman–Crippen MR) is 90.8 cm³/mol. The number of benzene rings is 1. The number of ether oxygens (including phenoxy) is 2. The van der Waals surface area contributed by atoms with Gasteiger partial charge in [0.15, 0.2) is 0 Å². The monoisotopic (exact) mass is 407 g/mol. The minimum atomic E-state index is 0.110. The lowest BCUT2D eigenvalue weighted by molar-refractivity contribution is 0.214. The van der Waals surface area contributed by atoms with E-state index in [1.54, 1.807) is 7.11 Å². The number of hydrogen-bond acceptors (Lipinski definition) is 3. The van der Waals surface area contributed by atoms with Gasteiger partial charge in [0.25, 0.3) is 0 Å². The Morgan fingerprint density at radius 1 is 1.10 bits per heavy atom. The third kappa shape index (κ3) is 6.02. The van der Waals surface area contributed by atoms with Crippen molar-refractivity contribution in [3.63, 3.8) is 0 Å². The van der Waals surface area contributed by atoms with Crippen LogP contribution in [0.3, 0.4) is 0 Å². The highest BCUT2D eigenvalue weighted by molar-refractivity contribution is 9.11. The fourth-order valence-corrected chi connectivity index (χ4v) is 2.61. The highest BCUT2D eigenvalue weighted by atomic mass is 79.9. The zero-order valence-corrected chi connectivity index (χ0v) is 15.7. The van der Waals surface area contributed by atoms with Gasteiger partial charge in [0.05, 0.1) is 16.1 Å². The Labute approximate surface area is 138 Å². The first-order chi connectivity index (χ1) is 9.43. The average Bonchev–Trinajstić information content (AvgIpc) is 2.38. The Morgan fingerprint density at radius 2 is 1.70 bits per heavy atom. The second-order valence-electron chi connectivity index (χ2n) is 5.23. The van der Waals surface area contributed by atoms with Gasteiger partial charge in [0, 0.05) is 6.54 Å². The summed E-state index contributed by atoms with van der Waals surface area (Å²) >= 11 is 6.97. The minimum absolute atomic E-state index is 0.110. The molecule has 0 bridgehead atoms. The van der Waals surface area contributed by atoms with E-state index in [1.807, 2.05) is 12.1 Å². The van der Waals surface area contributed by atoms with Gasteiger partial charge in [-0.05, 0) is 69.8 Å². The van der Waals surface area contributed by atoms with Crippen molar-refractivity contribution in [3.8, 4) is 11.5 Å². The Balaban J connectivity index is 2.49. The van der Waals surface area contributed by atoms with E-state index in [-0.39, 0.29) is 6.10 Å². The second-order valence-corrected chi connectivity index (χ2v) is 6.94. The van der Waals surface area contributed by atoms with Crippen LogP contribution in [0.1, 0.15) is 27.2 Å². The maximum atomic E-state index is 5.94. The van der Waals surface area contributed by atoms with Crippen LogP contribution in [-0.4, -0.2) is 26.3 Å². The predicted octanol–water partition coefficient (Wildman–Crippen LogP) is 4.62. The molecule has 3 nitrogen and oxygen atoms in total. The van der Waals surface area contributed by atoms with Crippen molar-refractivity contribution < 1.29 is 9.47 Å². The maximum Gasteiger partial charge on any atom is 0.135 e. The third-order valence-electron chi connectivity index (χ3n) is 2.86. The van der Waals surface area contributed by atoms with Crippen LogP contribution < -0.4 is 14.8 Å². The van der Waals surface area contributed by atoms with Crippen molar-refractivity contribution >= 4 is 31.9 Å². The Bertz CT molecular complexity index is 425. The highest BCUT2D eigenvalue weighted by Crippen LogP contribution is 2.36. The largest absolute Gasteiger partial charge is 0.496 e. The summed E-state index contributed by atoms with van der Waals surface area (Å²) in [5.74, 6) is 2.33. The number of hydrogen-bond donors (Lipinski definition) is 1. The summed E-state index contributed by atoms with van der Waals surface area (Å²) in [5.41, 5.74) is 0. The van der Waals surface area contributed by atoms with Crippen LogP contribution in [0.5, 0.6) is 11.5 Å². The number of rotatable bonds is 8. The summed E-state index contributed by atoms with van der Waals surface area (Å²) in [6.45, 7) is 8.38. The third-order valence-corrected chi connectivity index (χ3v) is 4.10. The zero-order valence-electron chi connectivity index (χ0n) is 12.5.